The molecular weight excluding hydrogens is 524 g/mol. The molecule has 184 valence electrons. The van der Waals surface area contributed by atoms with Crippen LogP contribution in [0.15, 0.2) is 53.1 Å². The smallest absolute Gasteiger partial charge is 0.250 e. The minimum atomic E-state index is -1.31. The molecule has 4 aliphatic heterocycles. The van der Waals surface area contributed by atoms with Gasteiger partial charge in [0.1, 0.15) is 5.54 Å². The Hall–Kier alpha value is -3.01. The molecule has 3 aromatic rings. The van der Waals surface area contributed by atoms with Gasteiger partial charge in [0.15, 0.2) is 0 Å². The molecule has 3 saturated heterocycles. The van der Waals surface area contributed by atoms with Gasteiger partial charge in [0.05, 0.1) is 24.5 Å². The summed E-state index contributed by atoms with van der Waals surface area (Å²) in [6.45, 7) is 0.889. The van der Waals surface area contributed by atoms with Crippen molar-refractivity contribution >= 4 is 50.2 Å². The fourth-order valence-electron chi connectivity index (χ4n) is 6.72. The van der Waals surface area contributed by atoms with Gasteiger partial charge >= 0.3 is 0 Å². The van der Waals surface area contributed by atoms with E-state index >= 15 is 0 Å². The molecule has 5 unspecified atom stereocenters. The lowest BCUT2D eigenvalue weighted by molar-refractivity contribution is -0.144. The fourth-order valence-corrected chi connectivity index (χ4v) is 7.08. The zero-order valence-electron chi connectivity index (χ0n) is 19.4. The number of H-pyrrole nitrogens is 1. The van der Waals surface area contributed by atoms with Crippen LogP contribution < -0.4 is 10.6 Å². The standard InChI is InChI=1S/C27H25BrN4O4/c28-15-7-8-20-18(11-15)27(26(35)30-20)23-22(24(33)32(25(23)34)13-16-4-3-9-36-16)21(31-27)10-14-12-29-19-6-2-1-5-17(14)19/h1-2,5-8,11-12,16,21-23,29,31H,3-4,9-10,13H2,(H,30,35). The highest BCUT2D eigenvalue weighted by atomic mass is 79.9. The van der Waals surface area contributed by atoms with Gasteiger partial charge in [0.25, 0.3) is 0 Å². The van der Waals surface area contributed by atoms with Crippen LogP contribution >= 0.6 is 15.9 Å². The normalized spacial score (nSPS) is 31.0. The van der Waals surface area contributed by atoms with Crippen molar-refractivity contribution in [1.82, 2.24) is 15.2 Å². The van der Waals surface area contributed by atoms with Gasteiger partial charge in [-0.15, -0.1) is 0 Å². The van der Waals surface area contributed by atoms with Crippen molar-refractivity contribution in [3.05, 3.63) is 64.3 Å². The lowest BCUT2D eigenvalue weighted by atomic mass is 9.76. The Morgan fingerprint density at radius 2 is 1.97 bits per heavy atom. The minimum absolute atomic E-state index is 0.147. The van der Waals surface area contributed by atoms with E-state index in [2.05, 4.69) is 31.5 Å². The molecule has 36 heavy (non-hydrogen) atoms. The van der Waals surface area contributed by atoms with Crippen molar-refractivity contribution in [2.45, 2.75) is 36.9 Å². The summed E-state index contributed by atoms with van der Waals surface area (Å²) < 4.78 is 6.56. The van der Waals surface area contributed by atoms with E-state index in [1.54, 1.807) is 0 Å². The van der Waals surface area contributed by atoms with Crippen molar-refractivity contribution in [2.24, 2.45) is 11.8 Å². The van der Waals surface area contributed by atoms with Gasteiger partial charge in [-0.2, -0.15) is 0 Å². The predicted molar refractivity (Wildman–Crippen MR) is 136 cm³/mol. The van der Waals surface area contributed by atoms with Gasteiger partial charge in [0.2, 0.25) is 17.7 Å². The molecule has 1 spiro atoms. The van der Waals surface area contributed by atoms with Crippen molar-refractivity contribution in [3.63, 3.8) is 0 Å². The number of halogens is 1. The second-order valence-electron chi connectivity index (χ2n) is 10.2. The van der Waals surface area contributed by atoms with Crippen molar-refractivity contribution in [2.75, 3.05) is 18.5 Å². The number of para-hydroxylation sites is 1. The first-order valence-electron chi connectivity index (χ1n) is 12.4. The molecule has 4 aliphatic rings. The molecule has 1 aromatic heterocycles. The Bertz CT molecular complexity index is 1430. The average Bonchev–Trinajstić information content (AvgIpc) is 3.67. The van der Waals surface area contributed by atoms with Crippen LogP contribution in [0, 0.1) is 11.8 Å². The first-order valence-corrected chi connectivity index (χ1v) is 13.2. The Morgan fingerprint density at radius 3 is 2.81 bits per heavy atom. The molecule has 2 aromatic carbocycles. The number of amides is 3. The summed E-state index contributed by atoms with van der Waals surface area (Å²) >= 11 is 3.53. The number of anilines is 1. The summed E-state index contributed by atoms with van der Waals surface area (Å²) in [6, 6.07) is 13.2. The zero-order chi connectivity index (χ0) is 24.6. The van der Waals surface area contributed by atoms with Gasteiger partial charge in [-0.3, -0.25) is 24.6 Å². The monoisotopic (exact) mass is 548 g/mol. The molecule has 5 atom stereocenters. The van der Waals surface area contributed by atoms with Crippen LogP contribution in [0.5, 0.6) is 0 Å². The summed E-state index contributed by atoms with van der Waals surface area (Å²) in [5.74, 6) is -2.27. The number of imide groups is 1. The lowest BCUT2D eigenvalue weighted by Crippen LogP contribution is -2.54. The number of rotatable bonds is 4. The molecule has 9 heteroatoms. The third-order valence-electron chi connectivity index (χ3n) is 8.29. The Balaban J connectivity index is 1.33. The number of benzene rings is 2. The molecule has 0 saturated carbocycles. The number of aromatic nitrogens is 1. The van der Waals surface area contributed by atoms with Crippen LogP contribution in [0.3, 0.4) is 0 Å². The molecular formula is C27H25BrN4O4. The van der Waals surface area contributed by atoms with Crippen molar-refractivity contribution in [1.29, 1.82) is 0 Å². The van der Waals surface area contributed by atoms with Gasteiger partial charge < -0.3 is 15.0 Å². The highest BCUT2D eigenvalue weighted by Crippen LogP contribution is 2.54. The number of aromatic amines is 1. The topological polar surface area (TPSA) is 104 Å². The Kier molecular flexibility index (Phi) is 4.93. The first-order chi connectivity index (χ1) is 17.5. The van der Waals surface area contributed by atoms with Crippen molar-refractivity contribution in [3.8, 4) is 0 Å². The van der Waals surface area contributed by atoms with Crippen LogP contribution in [0.1, 0.15) is 24.0 Å². The van der Waals surface area contributed by atoms with Gasteiger partial charge in [-0.05, 0) is 49.1 Å². The van der Waals surface area contributed by atoms with Gasteiger partial charge in [-0.1, -0.05) is 34.1 Å². The highest BCUT2D eigenvalue weighted by Gasteiger charge is 2.70. The van der Waals surface area contributed by atoms with E-state index in [1.165, 1.54) is 4.90 Å². The Labute approximate surface area is 215 Å². The number of fused-ring (bicyclic) bond motifs is 5. The van der Waals surface area contributed by atoms with Crippen LogP contribution in [-0.4, -0.2) is 52.9 Å². The van der Waals surface area contributed by atoms with Crippen LogP contribution in [0.25, 0.3) is 10.9 Å². The number of ether oxygens (including phenoxy) is 1. The summed E-state index contributed by atoms with van der Waals surface area (Å²) in [5, 5.41) is 7.57. The van der Waals surface area contributed by atoms with Crippen LogP contribution in [0.4, 0.5) is 5.69 Å². The largest absolute Gasteiger partial charge is 0.376 e. The second-order valence-corrected chi connectivity index (χ2v) is 11.1. The van der Waals surface area contributed by atoms with Crippen molar-refractivity contribution < 1.29 is 19.1 Å². The molecule has 0 aliphatic carbocycles. The second kappa shape index (κ2) is 7.99. The SMILES string of the molecule is O=C1C2C(Cc3c[nH]c4ccccc34)NC3(C(=O)Nc4ccc(Br)cc43)C2C(=O)N1CC1CCCO1. The molecule has 5 heterocycles. The number of hydrogen-bond acceptors (Lipinski definition) is 5. The Morgan fingerprint density at radius 1 is 1.11 bits per heavy atom. The van der Waals surface area contributed by atoms with E-state index in [0.717, 1.165) is 33.8 Å². The lowest BCUT2D eigenvalue weighted by Gasteiger charge is -2.30. The number of carbonyl (C=O) groups excluding carboxylic acids is 3. The molecule has 3 N–H and O–H groups in total. The minimum Gasteiger partial charge on any atom is -0.376 e. The van der Waals surface area contributed by atoms with E-state index in [9.17, 15) is 14.4 Å². The zero-order valence-corrected chi connectivity index (χ0v) is 21.0. The maximum Gasteiger partial charge on any atom is 0.250 e. The maximum absolute atomic E-state index is 14.0. The highest BCUT2D eigenvalue weighted by molar-refractivity contribution is 9.10. The summed E-state index contributed by atoms with van der Waals surface area (Å²) in [6.07, 6.45) is 4.07. The number of carbonyl (C=O) groups is 3. The van der Waals surface area contributed by atoms with Gasteiger partial charge in [-0.25, -0.2) is 0 Å². The molecule has 0 radical (unpaired) electrons. The average molecular weight is 549 g/mol. The van der Waals surface area contributed by atoms with Crippen LogP contribution in [-0.2, 0) is 31.1 Å². The molecule has 7 rings (SSSR count). The van der Waals surface area contributed by atoms with Gasteiger partial charge in [0, 0.05) is 45.5 Å². The third-order valence-corrected chi connectivity index (χ3v) is 8.79. The number of hydrogen-bond donors (Lipinski definition) is 3. The predicted octanol–water partition coefficient (Wildman–Crippen LogP) is 3.07. The molecule has 8 nitrogen and oxygen atoms in total. The molecule has 3 fully saturated rings. The summed E-state index contributed by atoms with van der Waals surface area (Å²) in [7, 11) is 0. The van der Waals surface area contributed by atoms with E-state index < -0.39 is 23.4 Å². The first kappa shape index (κ1) is 22.2. The number of nitrogens with zero attached hydrogens (tertiary/aromatic N) is 1. The van der Waals surface area contributed by atoms with E-state index in [-0.39, 0.29) is 30.4 Å². The summed E-state index contributed by atoms with van der Waals surface area (Å²) in [4.78, 5) is 46.2. The third kappa shape index (κ3) is 3.02. The van der Waals surface area contributed by atoms with Crippen LogP contribution in [0.2, 0.25) is 0 Å². The van der Waals surface area contributed by atoms with E-state index in [4.69, 9.17) is 4.74 Å². The maximum atomic E-state index is 14.0. The van der Waals surface area contributed by atoms with E-state index in [0.29, 0.717) is 24.3 Å². The summed E-state index contributed by atoms with van der Waals surface area (Å²) in [5.41, 5.74) is 2.12. The quantitative estimate of drug-likeness (QED) is 0.435. The fraction of sp³-hybridized carbons (Fsp3) is 0.370. The molecule has 3 amide bonds. The number of nitrogens with one attached hydrogen (secondary N) is 3. The van der Waals surface area contributed by atoms with E-state index in [1.807, 2.05) is 48.7 Å². The molecule has 0 bridgehead atoms. The number of likely N-dealkylation sites (tertiary alicyclic amines) is 1.